The number of oxime groups is 2. The van der Waals surface area contributed by atoms with Crippen LogP contribution in [0.1, 0.15) is 27.9 Å². The Kier molecular flexibility index (Phi) is 6.47. The van der Waals surface area contributed by atoms with Crippen LogP contribution in [0.2, 0.25) is 10.0 Å². The molecule has 164 valence electrons. The average Bonchev–Trinajstić information content (AvgIpc) is 3.14. The molecule has 0 radical (unpaired) electrons. The molecule has 6 nitrogen and oxygen atoms in total. The first-order valence-electron chi connectivity index (χ1n) is 8.83. The van der Waals surface area contributed by atoms with Gasteiger partial charge in [-0.2, -0.15) is 13.2 Å². The number of amides is 1. The quantitative estimate of drug-likeness (QED) is 0.333. The number of carbonyl (C=O) groups is 1. The lowest BCUT2D eigenvalue weighted by molar-refractivity contribution is -0.275. The van der Waals surface area contributed by atoms with Crippen molar-refractivity contribution in [2.75, 3.05) is 7.11 Å². The van der Waals surface area contributed by atoms with Crippen LogP contribution in [0, 0.1) is 6.92 Å². The Morgan fingerprint density at radius 1 is 1.26 bits per heavy atom. The number of alkyl halides is 3. The summed E-state index contributed by atoms with van der Waals surface area (Å²) in [5, 5.41) is 7.11. The van der Waals surface area contributed by atoms with Gasteiger partial charge in [0.25, 0.3) is 11.5 Å². The number of hydrogen-bond acceptors (Lipinski definition) is 5. The summed E-state index contributed by atoms with van der Waals surface area (Å²) in [5.41, 5.74) is -2.36. The number of hydrogen-bond donors (Lipinski definition) is 0. The van der Waals surface area contributed by atoms with Crippen molar-refractivity contribution in [1.82, 2.24) is 4.90 Å². The summed E-state index contributed by atoms with van der Waals surface area (Å²) in [4.78, 5) is 23.5. The Bertz CT molecular complexity index is 1040. The maximum Gasteiger partial charge on any atom is 0.435 e. The fraction of sp³-hybridized carbons (Fsp3) is 0.250. The summed E-state index contributed by atoms with van der Waals surface area (Å²) >= 11 is 11.8. The first-order valence-corrected chi connectivity index (χ1v) is 9.59. The second-order valence-electron chi connectivity index (χ2n) is 6.65. The van der Waals surface area contributed by atoms with E-state index in [2.05, 4.69) is 15.1 Å². The molecule has 0 N–H and O–H groups in total. The second kappa shape index (κ2) is 8.76. The molecule has 1 aliphatic rings. The van der Waals surface area contributed by atoms with Gasteiger partial charge in [-0.25, -0.2) is 4.90 Å². The number of carbonyl (C=O) groups excluding carboxylic acids is 1. The molecule has 3 rings (SSSR count). The third kappa shape index (κ3) is 4.47. The van der Waals surface area contributed by atoms with Crippen LogP contribution in [0.15, 0.2) is 52.8 Å². The first kappa shape index (κ1) is 22.9. The molecule has 1 aliphatic heterocycles. The number of aryl methyl sites for hydroxylation is 1. The minimum absolute atomic E-state index is 0.00281. The first-order chi connectivity index (χ1) is 14.6. The Labute approximate surface area is 185 Å². The Hall–Kier alpha value is -2.78. The monoisotopic (exact) mass is 473 g/mol. The molecule has 2 aromatic rings. The van der Waals surface area contributed by atoms with Crippen LogP contribution in [-0.2, 0) is 15.3 Å². The number of nitrogens with zero attached hydrogens (tertiary/aromatic N) is 3. The van der Waals surface area contributed by atoms with Crippen molar-refractivity contribution in [2.24, 2.45) is 10.3 Å². The molecular weight excluding hydrogens is 458 g/mol. The van der Waals surface area contributed by atoms with E-state index in [4.69, 9.17) is 28.0 Å². The van der Waals surface area contributed by atoms with E-state index in [1.807, 2.05) is 0 Å². The zero-order chi connectivity index (χ0) is 22.8. The largest absolute Gasteiger partial charge is 0.435 e. The molecule has 0 aliphatic carbocycles. The number of rotatable bonds is 4. The summed E-state index contributed by atoms with van der Waals surface area (Å²) in [6, 6.07) is 10.1. The van der Waals surface area contributed by atoms with Crippen molar-refractivity contribution in [1.29, 1.82) is 0 Å². The highest BCUT2D eigenvalue weighted by Gasteiger charge is 2.63. The van der Waals surface area contributed by atoms with Gasteiger partial charge in [0.1, 0.15) is 13.4 Å². The highest BCUT2D eigenvalue weighted by molar-refractivity contribution is 6.34. The molecule has 0 bridgehead atoms. The van der Waals surface area contributed by atoms with Gasteiger partial charge in [-0.3, -0.25) is 4.79 Å². The van der Waals surface area contributed by atoms with E-state index >= 15 is 0 Å². The van der Waals surface area contributed by atoms with Crippen LogP contribution < -0.4 is 0 Å². The number of benzene rings is 2. The molecule has 0 spiro atoms. The molecule has 0 fully saturated rings. The molecule has 2 aromatic carbocycles. The summed E-state index contributed by atoms with van der Waals surface area (Å²) in [6.07, 6.45) is -4.78. The molecule has 1 heterocycles. The van der Waals surface area contributed by atoms with Crippen molar-refractivity contribution in [3.63, 3.8) is 0 Å². The van der Waals surface area contributed by atoms with Gasteiger partial charge in [-0.15, -0.1) is 0 Å². The predicted molar refractivity (Wildman–Crippen MR) is 110 cm³/mol. The van der Waals surface area contributed by atoms with Crippen molar-refractivity contribution < 1.29 is 27.6 Å². The van der Waals surface area contributed by atoms with Crippen LogP contribution in [0.25, 0.3) is 0 Å². The van der Waals surface area contributed by atoms with E-state index in [0.717, 1.165) is 23.4 Å². The van der Waals surface area contributed by atoms with Gasteiger partial charge >= 0.3 is 6.18 Å². The molecule has 0 aromatic heterocycles. The lowest BCUT2D eigenvalue weighted by atomic mass is 9.89. The predicted octanol–water partition coefficient (Wildman–Crippen LogP) is 5.53. The summed E-state index contributed by atoms with van der Waals surface area (Å²) in [5.74, 6) is -0.967. The summed E-state index contributed by atoms with van der Waals surface area (Å²) < 4.78 is 42.6. The zero-order valence-corrected chi connectivity index (χ0v) is 17.8. The van der Waals surface area contributed by atoms with Crippen LogP contribution in [0.5, 0.6) is 0 Å². The molecule has 11 heteroatoms. The van der Waals surface area contributed by atoms with Gasteiger partial charge in [0.15, 0.2) is 5.84 Å². The van der Waals surface area contributed by atoms with Gasteiger partial charge < -0.3 is 9.68 Å². The van der Waals surface area contributed by atoms with Crippen LogP contribution >= 0.6 is 23.2 Å². The SMILES string of the molecule is CO/N=C\N(C(=O)c1ccccc1C)C1=NOC(c2cc(Cl)cc(Cl)c2)(C(F)(F)F)C1. The maximum atomic E-state index is 14.2. The Morgan fingerprint density at radius 2 is 1.90 bits per heavy atom. The Balaban J connectivity index is 2.04. The van der Waals surface area contributed by atoms with E-state index < -0.39 is 24.1 Å². The van der Waals surface area contributed by atoms with Crippen LogP contribution in [-0.4, -0.2) is 36.3 Å². The van der Waals surface area contributed by atoms with Gasteiger partial charge in [0, 0.05) is 21.2 Å². The molecule has 1 amide bonds. The van der Waals surface area contributed by atoms with Gasteiger partial charge in [0.2, 0.25) is 0 Å². The lowest BCUT2D eigenvalue weighted by Crippen LogP contribution is -2.45. The number of amidine groups is 1. The van der Waals surface area contributed by atoms with Crippen molar-refractivity contribution in [2.45, 2.75) is 25.1 Å². The summed E-state index contributed by atoms with van der Waals surface area (Å²) in [6.45, 7) is 1.69. The standard InChI is InChI=1S/C20H16Cl2F3N3O3/c1-12-5-3-4-6-16(12)18(29)28(11-26-30-2)17-10-19(31-27-17,20(23,24)25)13-7-14(21)9-15(22)8-13/h3-9,11H,10H2,1-2H3/b26-11-. The van der Waals surface area contributed by atoms with Crippen LogP contribution in [0.3, 0.4) is 0 Å². The smallest absolute Gasteiger partial charge is 0.398 e. The minimum Gasteiger partial charge on any atom is -0.398 e. The fourth-order valence-electron chi connectivity index (χ4n) is 3.08. The highest BCUT2D eigenvalue weighted by atomic mass is 35.5. The van der Waals surface area contributed by atoms with E-state index in [9.17, 15) is 18.0 Å². The van der Waals surface area contributed by atoms with Crippen molar-refractivity contribution >= 4 is 41.3 Å². The fourth-order valence-corrected chi connectivity index (χ4v) is 3.60. The number of halogens is 5. The van der Waals surface area contributed by atoms with Gasteiger partial charge in [0.05, 0.1) is 6.42 Å². The molecule has 1 unspecified atom stereocenters. The van der Waals surface area contributed by atoms with E-state index in [1.165, 1.54) is 19.2 Å². The minimum atomic E-state index is -4.90. The molecule has 0 saturated heterocycles. The third-order valence-electron chi connectivity index (χ3n) is 4.64. The lowest BCUT2D eigenvalue weighted by Gasteiger charge is -2.30. The normalized spacial score (nSPS) is 18.6. The average molecular weight is 474 g/mol. The van der Waals surface area contributed by atoms with E-state index in [0.29, 0.717) is 5.56 Å². The zero-order valence-electron chi connectivity index (χ0n) is 16.3. The molecule has 31 heavy (non-hydrogen) atoms. The Morgan fingerprint density at radius 3 is 2.48 bits per heavy atom. The highest BCUT2D eigenvalue weighted by Crippen LogP contribution is 2.49. The summed E-state index contributed by atoms with van der Waals surface area (Å²) in [7, 11) is 1.23. The topological polar surface area (TPSA) is 63.5 Å². The third-order valence-corrected chi connectivity index (χ3v) is 5.08. The molecular formula is C20H16Cl2F3N3O3. The maximum absolute atomic E-state index is 14.2. The molecule has 1 atom stereocenters. The van der Waals surface area contributed by atoms with Crippen molar-refractivity contribution in [3.8, 4) is 0 Å². The van der Waals surface area contributed by atoms with Crippen molar-refractivity contribution in [3.05, 3.63) is 69.2 Å². The second-order valence-corrected chi connectivity index (χ2v) is 7.52. The molecule has 0 saturated carbocycles. The van der Waals surface area contributed by atoms with E-state index in [-0.39, 0.29) is 27.0 Å². The van der Waals surface area contributed by atoms with Gasteiger partial charge in [-0.1, -0.05) is 51.7 Å². The van der Waals surface area contributed by atoms with Crippen LogP contribution in [0.4, 0.5) is 13.2 Å². The van der Waals surface area contributed by atoms with E-state index in [1.54, 1.807) is 25.1 Å². The van der Waals surface area contributed by atoms with Gasteiger partial charge in [-0.05, 0) is 36.8 Å².